The highest BCUT2D eigenvalue weighted by atomic mass is 35.5. The first-order valence-corrected chi connectivity index (χ1v) is 7.21. The van der Waals surface area contributed by atoms with Gasteiger partial charge in [0.05, 0.1) is 13.1 Å². The molecule has 0 fully saturated rings. The lowest BCUT2D eigenvalue weighted by atomic mass is 10.2. The average Bonchev–Trinajstić information content (AvgIpc) is 3.04. The standard InChI is InChI=1S/C16H14ClN3/c17-13-6-2-1-5-12(13)11-20-15-8-4-3-7-14(15)19-10-9-18-16(19)20/h1-8H,9-11H2/p+1. The highest BCUT2D eigenvalue weighted by Crippen LogP contribution is 2.24. The molecule has 0 unspecified atom stereocenters. The number of hydrogen-bond donors (Lipinski definition) is 1. The van der Waals surface area contributed by atoms with Crippen LogP contribution in [0, 0.1) is 0 Å². The van der Waals surface area contributed by atoms with Gasteiger partial charge in [-0.25, -0.2) is 9.13 Å². The summed E-state index contributed by atoms with van der Waals surface area (Å²) in [4.78, 5) is 0. The van der Waals surface area contributed by atoms with E-state index in [0.717, 1.165) is 30.2 Å². The van der Waals surface area contributed by atoms with Crippen molar-refractivity contribution in [1.29, 1.82) is 0 Å². The number of fused-ring (bicyclic) bond motifs is 3. The van der Waals surface area contributed by atoms with Crippen LogP contribution in [0.5, 0.6) is 0 Å². The summed E-state index contributed by atoms with van der Waals surface area (Å²) in [5.41, 5.74) is 3.67. The molecule has 1 N–H and O–H groups in total. The summed E-state index contributed by atoms with van der Waals surface area (Å²) in [6.45, 7) is 2.80. The van der Waals surface area contributed by atoms with Crippen molar-refractivity contribution in [3.8, 4) is 0 Å². The second kappa shape index (κ2) is 4.53. The van der Waals surface area contributed by atoms with Crippen molar-refractivity contribution in [2.45, 2.75) is 13.1 Å². The van der Waals surface area contributed by atoms with Crippen LogP contribution in [0.25, 0.3) is 11.0 Å². The van der Waals surface area contributed by atoms with E-state index >= 15 is 0 Å². The number of halogens is 1. The molecule has 4 heteroatoms. The van der Waals surface area contributed by atoms with Gasteiger partial charge in [0.15, 0.2) is 0 Å². The maximum absolute atomic E-state index is 6.30. The molecule has 2 heterocycles. The first-order chi connectivity index (χ1) is 9.84. The first-order valence-electron chi connectivity index (χ1n) is 6.83. The van der Waals surface area contributed by atoms with Crippen LogP contribution in [0.15, 0.2) is 48.5 Å². The molecular weight excluding hydrogens is 270 g/mol. The highest BCUT2D eigenvalue weighted by molar-refractivity contribution is 6.31. The third-order valence-electron chi connectivity index (χ3n) is 3.88. The van der Waals surface area contributed by atoms with Gasteiger partial charge in [0.1, 0.15) is 17.6 Å². The van der Waals surface area contributed by atoms with Crippen molar-refractivity contribution < 1.29 is 4.57 Å². The highest BCUT2D eigenvalue weighted by Gasteiger charge is 2.27. The van der Waals surface area contributed by atoms with Crippen LogP contribution in [0.3, 0.4) is 0 Å². The molecule has 1 aromatic heterocycles. The van der Waals surface area contributed by atoms with E-state index in [1.54, 1.807) is 0 Å². The minimum Gasteiger partial charge on any atom is -0.274 e. The largest absolute Gasteiger partial charge is 0.358 e. The Labute approximate surface area is 122 Å². The van der Waals surface area contributed by atoms with Gasteiger partial charge in [-0.15, -0.1) is 0 Å². The lowest BCUT2D eigenvalue weighted by Crippen LogP contribution is -2.29. The van der Waals surface area contributed by atoms with Crippen LogP contribution in [0.1, 0.15) is 5.56 Å². The monoisotopic (exact) mass is 284 g/mol. The Balaban J connectivity index is 1.90. The third-order valence-corrected chi connectivity index (χ3v) is 4.25. The van der Waals surface area contributed by atoms with Crippen LogP contribution < -0.4 is 9.88 Å². The van der Waals surface area contributed by atoms with Gasteiger partial charge < -0.3 is 0 Å². The van der Waals surface area contributed by atoms with E-state index in [-0.39, 0.29) is 0 Å². The van der Waals surface area contributed by atoms with Gasteiger partial charge in [0.2, 0.25) is 0 Å². The molecule has 0 amide bonds. The SMILES string of the molecule is Clc1ccccc1Cn1c2[n+](c3ccccc31)CCN2. The van der Waals surface area contributed by atoms with Crippen molar-refractivity contribution in [3.05, 3.63) is 59.1 Å². The number of para-hydroxylation sites is 2. The summed E-state index contributed by atoms with van der Waals surface area (Å²) in [5.74, 6) is 1.17. The maximum Gasteiger partial charge on any atom is 0.358 e. The molecule has 0 aliphatic carbocycles. The summed E-state index contributed by atoms with van der Waals surface area (Å²) >= 11 is 6.30. The average molecular weight is 285 g/mol. The number of aromatic nitrogens is 2. The normalized spacial score (nSPS) is 13.4. The number of benzene rings is 2. The predicted molar refractivity (Wildman–Crippen MR) is 81.2 cm³/mol. The zero-order valence-corrected chi connectivity index (χ0v) is 11.8. The van der Waals surface area contributed by atoms with Gasteiger partial charge in [-0.2, -0.15) is 0 Å². The van der Waals surface area contributed by atoms with Gasteiger partial charge in [0, 0.05) is 10.6 Å². The minimum absolute atomic E-state index is 0.787. The van der Waals surface area contributed by atoms with Gasteiger partial charge in [-0.05, 0) is 18.2 Å². The number of hydrogen-bond acceptors (Lipinski definition) is 1. The molecule has 4 rings (SSSR count). The van der Waals surface area contributed by atoms with Crippen LogP contribution in [-0.2, 0) is 13.1 Å². The molecule has 0 spiro atoms. The van der Waals surface area contributed by atoms with E-state index < -0.39 is 0 Å². The van der Waals surface area contributed by atoms with Crippen molar-refractivity contribution in [3.63, 3.8) is 0 Å². The summed E-state index contributed by atoms with van der Waals surface area (Å²) < 4.78 is 4.65. The van der Waals surface area contributed by atoms with E-state index in [9.17, 15) is 0 Å². The molecule has 0 saturated carbocycles. The van der Waals surface area contributed by atoms with Gasteiger partial charge in [-0.3, -0.25) is 5.32 Å². The van der Waals surface area contributed by atoms with Crippen molar-refractivity contribution in [2.75, 3.05) is 11.9 Å². The zero-order valence-electron chi connectivity index (χ0n) is 11.0. The molecule has 0 bridgehead atoms. The van der Waals surface area contributed by atoms with E-state index in [2.05, 4.69) is 44.8 Å². The second-order valence-electron chi connectivity index (χ2n) is 5.07. The van der Waals surface area contributed by atoms with E-state index in [0.29, 0.717) is 0 Å². The number of nitrogens with zero attached hydrogens (tertiary/aromatic N) is 2. The van der Waals surface area contributed by atoms with E-state index in [4.69, 9.17) is 11.6 Å². The van der Waals surface area contributed by atoms with Gasteiger partial charge in [0.25, 0.3) is 0 Å². The molecule has 2 aromatic carbocycles. The fraction of sp³-hybridized carbons (Fsp3) is 0.188. The van der Waals surface area contributed by atoms with Crippen LogP contribution in [0.2, 0.25) is 5.02 Å². The lowest BCUT2D eigenvalue weighted by Gasteiger charge is -2.04. The topological polar surface area (TPSA) is 20.8 Å². The third kappa shape index (κ3) is 1.70. The van der Waals surface area contributed by atoms with Crippen LogP contribution in [0.4, 0.5) is 5.95 Å². The number of nitrogens with one attached hydrogen (secondary N) is 1. The smallest absolute Gasteiger partial charge is 0.274 e. The molecule has 20 heavy (non-hydrogen) atoms. The van der Waals surface area contributed by atoms with Crippen LogP contribution in [-0.4, -0.2) is 11.1 Å². The number of anilines is 1. The predicted octanol–water partition coefficient (Wildman–Crippen LogP) is 3.06. The van der Waals surface area contributed by atoms with Gasteiger partial charge in [-0.1, -0.05) is 41.9 Å². The summed E-state index contributed by atoms with van der Waals surface area (Å²) in [7, 11) is 0. The fourth-order valence-electron chi connectivity index (χ4n) is 2.95. The van der Waals surface area contributed by atoms with Crippen molar-refractivity contribution >= 4 is 28.6 Å². The minimum atomic E-state index is 0.787. The molecule has 1 aliphatic heterocycles. The molecule has 1 aliphatic rings. The Hall–Kier alpha value is -2.00. The van der Waals surface area contributed by atoms with Crippen molar-refractivity contribution in [1.82, 2.24) is 4.57 Å². The first kappa shape index (κ1) is 11.8. The van der Waals surface area contributed by atoms with Gasteiger partial charge >= 0.3 is 5.95 Å². The fourth-order valence-corrected chi connectivity index (χ4v) is 3.14. The molecule has 0 atom stereocenters. The van der Waals surface area contributed by atoms with E-state index in [1.165, 1.54) is 17.0 Å². The summed E-state index contributed by atoms with van der Waals surface area (Å²) in [6, 6.07) is 16.6. The van der Waals surface area contributed by atoms with Crippen LogP contribution >= 0.6 is 11.6 Å². The van der Waals surface area contributed by atoms with E-state index in [1.807, 2.05) is 18.2 Å². The number of rotatable bonds is 2. The molecule has 3 aromatic rings. The Morgan fingerprint density at radius 1 is 1.10 bits per heavy atom. The Bertz CT molecular complexity index is 792. The quantitative estimate of drug-likeness (QED) is 0.718. The second-order valence-corrected chi connectivity index (χ2v) is 5.48. The molecular formula is C16H15ClN3+. The Morgan fingerprint density at radius 3 is 2.80 bits per heavy atom. The maximum atomic E-state index is 6.30. The Morgan fingerprint density at radius 2 is 1.90 bits per heavy atom. The zero-order chi connectivity index (χ0) is 13.5. The Kier molecular flexibility index (Phi) is 2.67. The lowest BCUT2D eigenvalue weighted by molar-refractivity contribution is -0.644. The molecule has 3 nitrogen and oxygen atoms in total. The molecule has 0 saturated heterocycles. The molecule has 0 radical (unpaired) electrons. The van der Waals surface area contributed by atoms with Crippen molar-refractivity contribution in [2.24, 2.45) is 0 Å². The number of imidazole rings is 1. The summed E-state index contributed by atoms with van der Waals surface area (Å²) in [5, 5.41) is 4.30. The summed E-state index contributed by atoms with van der Waals surface area (Å²) in [6.07, 6.45) is 0. The molecule has 100 valence electrons.